The Morgan fingerprint density at radius 3 is 2.27 bits per heavy atom. The lowest BCUT2D eigenvalue weighted by Crippen LogP contribution is -2.31. The molecule has 1 aromatic heterocycles. The van der Waals surface area contributed by atoms with Gasteiger partial charge in [0.15, 0.2) is 0 Å². The molecule has 0 aliphatic heterocycles. The molecule has 0 bridgehead atoms. The Morgan fingerprint density at radius 2 is 1.67 bits per heavy atom. The lowest BCUT2D eigenvalue weighted by molar-refractivity contribution is 0.382. The summed E-state index contributed by atoms with van der Waals surface area (Å²) in [6, 6.07) is 12.9. The summed E-state index contributed by atoms with van der Waals surface area (Å²) in [5.41, 5.74) is 3.29. The summed E-state index contributed by atoms with van der Waals surface area (Å²) >= 11 is 0. The first-order valence-electron chi connectivity index (χ1n) is 9.75. The molecule has 0 fully saturated rings. The number of benzene rings is 2. The maximum Gasteiger partial charge on any atom is 0.246 e. The van der Waals surface area contributed by atoms with Crippen molar-refractivity contribution in [1.29, 1.82) is 0 Å². The number of ether oxygens (including phenoxy) is 2. The minimum Gasteiger partial charge on any atom is -0.496 e. The third-order valence-corrected chi connectivity index (χ3v) is 7.14. The minimum absolute atomic E-state index is 0.0991. The van der Waals surface area contributed by atoms with E-state index in [9.17, 15) is 8.42 Å². The van der Waals surface area contributed by atoms with Crippen molar-refractivity contribution in [3.05, 3.63) is 54.2 Å². The molecule has 1 heterocycles. The van der Waals surface area contributed by atoms with Gasteiger partial charge in [0.2, 0.25) is 10.0 Å². The van der Waals surface area contributed by atoms with Crippen molar-refractivity contribution >= 4 is 10.0 Å². The molecule has 0 amide bonds. The Bertz CT molecular complexity index is 1140. The first kappa shape index (κ1) is 21.9. The van der Waals surface area contributed by atoms with Gasteiger partial charge < -0.3 is 9.47 Å². The molecule has 0 aliphatic rings. The number of sulfonamides is 1. The van der Waals surface area contributed by atoms with Gasteiger partial charge >= 0.3 is 0 Å². The fourth-order valence-corrected chi connectivity index (χ4v) is 5.10. The summed E-state index contributed by atoms with van der Waals surface area (Å²) in [6.45, 7) is 6.35. The van der Waals surface area contributed by atoms with E-state index in [0.29, 0.717) is 24.4 Å². The molecule has 0 saturated carbocycles. The molecule has 160 valence electrons. The van der Waals surface area contributed by atoms with E-state index in [4.69, 9.17) is 9.47 Å². The highest BCUT2D eigenvalue weighted by molar-refractivity contribution is 7.89. The molecule has 30 heavy (non-hydrogen) atoms. The molecule has 0 radical (unpaired) electrons. The van der Waals surface area contributed by atoms with Crippen LogP contribution in [0.4, 0.5) is 0 Å². The molecule has 0 unspecified atom stereocenters. The van der Waals surface area contributed by atoms with Gasteiger partial charge in [-0.1, -0.05) is 32.0 Å². The minimum atomic E-state index is -3.75. The zero-order valence-electron chi connectivity index (χ0n) is 17.9. The van der Waals surface area contributed by atoms with Crippen molar-refractivity contribution in [2.75, 3.05) is 27.3 Å². The Morgan fingerprint density at radius 1 is 1.00 bits per heavy atom. The summed E-state index contributed by atoms with van der Waals surface area (Å²) in [6.07, 6.45) is 1.68. The van der Waals surface area contributed by atoms with Crippen molar-refractivity contribution in [2.24, 2.45) is 0 Å². The van der Waals surface area contributed by atoms with Crippen LogP contribution in [-0.4, -0.2) is 49.8 Å². The van der Waals surface area contributed by atoms with E-state index < -0.39 is 10.0 Å². The van der Waals surface area contributed by atoms with Gasteiger partial charge in [0.1, 0.15) is 16.4 Å². The molecule has 8 heteroatoms. The normalized spacial score (nSPS) is 11.7. The van der Waals surface area contributed by atoms with Crippen LogP contribution in [0.5, 0.6) is 11.5 Å². The largest absolute Gasteiger partial charge is 0.496 e. The molecule has 2 aromatic carbocycles. The molecule has 0 aliphatic carbocycles. The maximum atomic E-state index is 13.3. The Labute approximate surface area is 177 Å². The summed E-state index contributed by atoms with van der Waals surface area (Å²) in [5.74, 6) is 0.741. The van der Waals surface area contributed by atoms with Crippen LogP contribution in [0, 0.1) is 6.92 Å². The van der Waals surface area contributed by atoms with E-state index >= 15 is 0 Å². The quantitative estimate of drug-likeness (QED) is 0.543. The number of rotatable bonds is 8. The van der Waals surface area contributed by atoms with Gasteiger partial charge in [-0.3, -0.25) is 0 Å². The molecule has 0 spiro atoms. The number of nitrogens with zero attached hydrogens (tertiary/aromatic N) is 3. The van der Waals surface area contributed by atoms with Crippen molar-refractivity contribution in [3.8, 4) is 28.4 Å². The summed E-state index contributed by atoms with van der Waals surface area (Å²) in [7, 11) is -0.746. The van der Waals surface area contributed by atoms with Crippen LogP contribution in [0.2, 0.25) is 0 Å². The van der Waals surface area contributed by atoms with Gasteiger partial charge in [0.05, 0.1) is 31.8 Å². The number of para-hydroxylation sites is 1. The summed E-state index contributed by atoms with van der Waals surface area (Å²) < 4.78 is 40.8. The molecule has 0 atom stereocenters. The van der Waals surface area contributed by atoms with E-state index in [1.807, 2.05) is 51.1 Å². The van der Waals surface area contributed by atoms with Gasteiger partial charge in [-0.05, 0) is 30.7 Å². The van der Waals surface area contributed by atoms with Crippen molar-refractivity contribution < 1.29 is 17.9 Å². The fraction of sp³-hybridized carbons (Fsp3) is 0.318. The molecular weight excluding hydrogens is 402 g/mol. The van der Waals surface area contributed by atoms with Gasteiger partial charge in [0, 0.05) is 24.7 Å². The summed E-state index contributed by atoms with van der Waals surface area (Å²) in [4.78, 5) is 0.0991. The van der Waals surface area contributed by atoms with E-state index in [-0.39, 0.29) is 10.6 Å². The number of aromatic nitrogens is 2. The zero-order chi connectivity index (χ0) is 21.9. The highest BCUT2D eigenvalue weighted by Gasteiger charge is 2.28. The Balaban J connectivity index is 2.28. The van der Waals surface area contributed by atoms with E-state index in [2.05, 4.69) is 5.10 Å². The lowest BCUT2D eigenvalue weighted by Gasteiger charge is -2.22. The van der Waals surface area contributed by atoms with Gasteiger partial charge in [0.25, 0.3) is 0 Å². The van der Waals surface area contributed by atoms with E-state index in [0.717, 1.165) is 16.9 Å². The first-order valence-corrected chi connectivity index (χ1v) is 11.2. The smallest absolute Gasteiger partial charge is 0.246 e. The Hall–Kier alpha value is -2.84. The number of hydrogen-bond donors (Lipinski definition) is 0. The third-order valence-electron chi connectivity index (χ3n) is 5.07. The number of methoxy groups -OCH3 is 2. The van der Waals surface area contributed by atoms with Crippen LogP contribution in [0.3, 0.4) is 0 Å². The average Bonchev–Trinajstić information content (AvgIpc) is 3.23. The molecule has 0 saturated heterocycles. The van der Waals surface area contributed by atoms with Crippen LogP contribution in [0.1, 0.15) is 19.4 Å². The van der Waals surface area contributed by atoms with Crippen molar-refractivity contribution in [3.63, 3.8) is 0 Å². The second kappa shape index (κ2) is 8.89. The highest BCUT2D eigenvalue weighted by atomic mass is 32.2. The fourth-order valence-electron chi connectivity index (χ4n) is 3.47. The third kappa shape index (κ3) is 3.80. The molecule has 3 aromatic rings. The molecule has 7 nitrogen and oxygen atoms in total. The number of hydrogen-bond acceptors (Lipinski definition) is 5. The predicted molar refractivity (Wildman–Crippen MR) is 117 cm³/mol. The van der Waals surface area contributed by atoms with Gasteiger partial charge in [-0.25, -0.2) is 13.1 Å². The van der Waals surface area contributed by atoms with E-state index in [1.165, 1.54) is 11.4 Å². The van der Waals surface area contributed by atoms with E-state index in [1.54, 1.807) is 30.1 Å². The van der Waals surface area contributed by atoms with Gasteiger partial charge in [-0.2, -0.15) is 9.40 Å². The second-order valence-corrected chi connectivity index (χ2v) is 8.61. The molecular formula is C22H27N3O4S. The van der Waals surface area contributed by atoms with Crippen LogP contribution < -0.4 is 9.47 Å². The predicted octanol–water partition coefficient (Wildman–Crippen LogP) is 3.90. The Kier molecular flexibility index (Phi) is 6.48. The highest BCUT2D eigenvalue weighted by Crippen LogP contribution is 2.39. The lowest BCUT2D eigenvalue weighted by atomic mass is 10.1. The maximum absolute atomic E-state index is 13.3. The number of aryl methyl sites for hydroxylation is 1. The van der Waals surface area contributed by atoms with Crippen molar-refractivity contribution in [2.45, 2.75) is 25.7 Å². The summed E-state index contributed by atoms with van der Waals surface area (Å²) in [5, 5.41) is 4.47. The van der Waals surface area contributed by atoms with Crippen LogP contribution in [0.15, 0.2) is 53.6 Å². The second-order valence-electron chi connectivity index (χ2n) is 6.71. The monoisotopic (exact) mass is 429 g/mol. The standard InChI is InChI=1S/C22H27N3O4S/c1-6-24(7-2)30(26,27)22-14-17(20(28-4)15-21(22)29-5)19-12-13-23-25(19)18-11-9-8-10-16(18)3/h8-15H,6-7H2,1-5H3. The van der Waals surface area contributed by atoms with Crippen LogP contribution in [-0.2, 0) is 10.0 Å². The SMILES string of the molecule is CCN(CC)S(=O)(=O)c1cc(-c2ccnn2-c2ccccc2C)c(OC)cc1OC. The molecule has 0 N–H and O–H groups in total. The van der Waals surface area contributed by atoms with Crippen molar-refractivity contribution in [1.82, 2.24) is 14.1 Å². The zero-order valence-corrected chi connectivity index (χ0v) is 18.7. The average molecular weight is 430 g/mol. The van der Waals surface area contributed by atoms with Crippen LogP contribution >= 0.6 is 0 Å². The first-order chi connectivity index (χ1) is 14.4. The molecule has 3 rings (SSSR count). The van der Waals surface area contributed by atoms with Crippen LogP contribution in [0.25, 0.3) is 16.9 Å². The topological polar surface area (TPSA) is 73.7 Å². The van der Waals surface area contributed by atoms with Gasteiger partial charge in [-0.15, -0.1) is 0 Å².